The van der Waals surface area contributed by atoms with Crippen molar-refractivity contribution in [3.63, 3.8) is 0 Å². The largest absolute Gasteiger partial charge is 0.382 e. The van der Waals surface area contributed by atoms with Gasteiger partial charge < -0.3 is 5.73 Å². The van der Waals surface area contributed by atoms with Gasteiger partial charge in [-0.15, -0.1) is 0 Å². The van der Waals surface area contributed by atoms with Crippen molar-refractivity contribution in [2.45, 2.75) is 6.92 Å². The number of rotatable bonds is 1. The van der Waals surface area contributed by atoms with Gasteiger partial charge in [-0.1, -0.05) is 6.07 Å². The van der Waals surface area contributed by atoms with E-state index in [2.05, 4.69) is 10.1 Å². The summed E-state index contributed by atoms with van der Waals surface area (Å²) >= 11 is 0. The summed E-state index contributed by atoms with van der Waals surface area (Å²) in [5.41, 5.74) is 6.80. The van der Waals surface area contributed by atoms with Crippen molar-refractivity contribution in [2.75, 3.05) is 5.73 Å². The van der Waals surface area contributed by atoms with Crippen LogP contribution in [0.2, 0.25) is 0 Å². The first-order chi connectivity index (χ1) is 7.24. The Labute approximate surface area is 86.8 Å². The molecule has 5 heteroatoms. The van der Waals surface area contributed by atoms with Crippen LogP contribution in [0.25, 0.3) is 5.82 Å². The van der Waals surface area contributed by atoms with E-state index >= 15 is 0 Å². The number of nitrogen functional groups attached to an aromatic ring is 1. The van der Waals surface area contributed by atoms with Crippen molar-refractivity contribution in [1.82, 2.24) is 14.8 Å². The molecule has 0 fully saturated rings. The SMILES string of the molecule is Cc1nn(-c2ccccn2)c(N)c1C#N. The van der Waals surface area contributed by atoms with Crippen LogP contribution in [0.3, 0.4) is 0 Å². The van der Waals surface area contributed by atoms with Gasteiger partial charge in [-0.2, -0.15) is 15.0 Å². The first-order valence-corrected chi connectivity index (χ1v) is 4.40. The summed E-state index contributed by atoms with van der Waals surface area (Å²) in [4.78, 5) is 4.11. The number of nitrogens with two attached hydrogens (primary N) is 1. The van der Waals surface area contributed by atoms with Gasteiger partial charge in [0, 0.05) is 6.20 Å². The number of nitrogens with zero attached hydrogens (tertiary/aromatic N) is 4. The predicted molar refractivity (Wildman–Crippen MR) is 55.2 cm³/mol. The molecule has 0 amide bonds. The summed E-state index contributed by atoms with van der Waals surface area (Å²) in [5.74, 6) is 0.938. The van der Waals surface area contributed by atoms with E-state index in [1.54, 1.807) is 25.3 Å². The maximum Gasteiger partial charge on any atom is 0.155 e. The first kappa shape index (κ1) is 9.21. The van der Waals surface area contributed by atoms with E-state index < -0.39 is 0 Å². The molecule has 15 heavy (non-hydrogen) atoms. The number of hydrogen-bond donors (Lipinski definition) is 1. The van der Waals surface area contributed by atoms with Crippen LogP contribution >= 0.6 is 0 Å². The normalized spacial score (nSPS) is 9.87. The molecule has 0 saturated heterocycles. The van der Waals surface area contributed by atoms with E-state index in [4.69, 9.17) is 11.0 Å². The number of aromatic nitrogens is 3. The fourth-order valence-corrected chi connectivity index (χ4v) is 1.34. The Kier molecular flexibility index (Phi) is 2.10. The van der Waals surface area contributed by atoms with Crippen LogP contribution in [-0.4, -0.2) is 14.8 Å². The highest BCUT2D eigenvalue weighted by Gasteiger charge is 2.13. The van der Waals surface area contributed by atoms with Crippen LogP contribution < -0.4 is 5.73 Å². The number of pyridine rings is 1. The van der Waals surface area contributed by atoms with Gasteiger partial charge in [0.25, 0.3) is 0 Å². The van der Waals surface area contributed by atoms with Crippen LogP contribution in [0.5, 0.6) is 0 Å². The van der Waals surface area contributed by atoms with Gasteiger partial charge in [0.2, 0.25) is 0 Å². The third-order valence-corrected chi connectivity index (χ3v) is 2.07. The standard InChI is InChI=1S/C10H9N5/c1-7-8(6-11)10(12)15(14-7)9-4-2-3-5-13-9/h2-5H,12H2,1H3. The molecule has 0 aliphatic carbocycles. The minimum absolute atomic E-state index is 0.328. The summed E-state index contributed by atoms with van der Waals surface area (Å²) in [6.07, 6.45) is 1.65. The number of hydrogen-bond acceptors (Lipinski definition) is 4. The van der Waals surface area contributed by atoms with Crippen LogP contribution in [0.15, 0.2) is 24.4 Å². The number of nitriles is 1. The molecule has 2 heterocycles. The van der Waals surface area contributed by atoms with Crippen molar-refractivity contribution in [1.29, 1.82) is 5.26 Å². The highest BCUT2D eigenvalue weighted by atomic mass is 15.3. The summed E-state index contributed by atoms with van der Waals surface area (Å²) < 4.78 is 1.47. The van der Waals surface area contributed by atoms with Crippen LogP contribution in [0.4, 0.5) is 5.82 Å². The van der Waals surface area contributed by atoms with Gasteiger partial charge in [0.05, 0.1) is 5.69 Å². The Bertz CT molecular complexity index is 521. The molecule has 0 aromatic carbocycles. The van der Waals surface area contributed by atoms with E-state index in [9.17, 15) is 0 Å². The molecule has 0 spiro atoms. The highest BCUT2D eigenvalue weighted by molar-refractivity contribution is 5.54. The van der Waals surface area contributed by atoms with E-state index in [0.717, 1.165) is 0 Å². The van der Waals surface area contributed by atoms with Gasteiger partial charge in [-0.25, -0.2) is 4.98 Å². The molecule has 0 aliphatic heterocycles. The zero-order valence-electron chi connectivity index (χ0n) is 8.18. The summed E-state index contributed by atoms with van der Waals surface area (Å²) in [6.45, 7) is 1.74. The average Bonchev–Trinajstić information content (AvgIpc) is 2.55. The van der Waals surface area contributed by atoms with Crippen LogP contribution in [-0.2, 0) is 0 Å². The minimum atomic E-state index is 0.328. The second-order valence-electron chi connectivity index (χ2n) is 3.06. The van der Waals surface area contributed by atoms with E-state index in [1.807, 2.05) is 12.1 Å². The molecule has 2 rings (SSSR count). The van der Waals surface area contributed by atoms with Crippen molar-refractivity contribution in [3.05, 3.63) is 35.7 Å². The van der Waals surface area contributed by atoms with Gasteiger partial charge in [0.1, 0.15) is 17.5 Å². The Morgan fingerprint density at radius 3 is 2.80 bits per heavy atom. The lowest BCUT2D eigenvalue weighted by molar-refractivity contribution is 0.841. The molecule has 5 nitrogen and oxygen atoms in total. The third kappa shape index (κ3) is 1.42. The molecular weight excluding hydrogens is 190 g/mol. The van der Waals surface area contributed by atoms with E-state index in [0.29, 0.717) is 22.9 Å². The fraction of sp³-hybridized carbons (Fsp3) is 0.100. The molecule has 2 aromatic rings. The Morgan fingerprint density at radius 1 is 1.47 bits per heavy atom. The summed E-state index contributed by atoms with van der Waals surface area (Å²) in [5, 5.41) is 13.0. The molecule has 0 atom stereocenters. The second kappa shape index (κ2) is 3.42. The highest BCUT2D eigenvalue weighted by Crippen LogP contribution is 2.17. The molecule has 0 saturated carbocycles. The summed E-state index contributed by atoms with van der Waals surface area (Å²) in [6, 6.07) is 7.44. The smallest absolute Gasteiger partial charge is 0.155 e. The molecule has 0 aliphatic rings. The lowest BCUT2D eigenvalue weighted by Crippen LogP contribution is -2.03. The van der Waals surface area contributed by atoms with Crippen molar-refractivity contribution in [3.8, 4) is 11.9 Å². The monoisotopic (exact) mass is 199 g/mol. The second-order valence-corrected chi connectivity index (χ2v) is 3.06. The van der Waals surface area contributed by atoms with Gasteiger partial charge in [0.15, 0.2) is 5.82 Å². The number of anilines is 1. The molecule has 2 aromatic heterocycles. The van der Waals surface area contributed by atoms with Crippen LogP contribution in [0.1, 0.15) is 11.3 Å². The Morgan fingerprint density at radius 2 is 2.27 bits per heavy atom. The Hall–Kier alpha value is -2.35. The van der Waals surface area contributed by atoms with Gasteiger partial charge in [-0.3, -0.25) is 0 Å². The first-order valence-electron chi connectivity index (χ1n) is 4.40. The molecule has 0 unspecified atom stereocenters. The fourth-order valence-electron chi connectivity index (χ4n) is 1.34. The average molecular weight is 199 g/mol. The zero-order chi connectivity index (χ0) is 10.8. The maximum atomic E-state index is 8.86. The zero-order valence-corrected chi connectivity index (χ0v) is 8.18. The lowest BCUT2D eigenvalue weighted by atomic mass is 10.3. The topological polar surface area (TPSA) is 80.5 Å². The minimum Gasteiger partial charge on any atom is -0.382 e. The lowest BCUT2D eigenvalue weighted by Gasteiger charge is -2.00. The Balaban J connectivity index is 2.62. The van der Waals surface area contributed by atoms with Gasteiger partial charge in [-0.05, 0) is 19.1 Å². The quantitative estimate of drug-likeness (QED) is 0.743. The summed E-state index contributed by atoms with van der Waals surface area (Å²) in [7, 11) is 0. The molecule has 0 radical (unpaired) electrons. The van der Waals surface area contributed by atoms with Crippen molar-refractivity contribution in [2.24, 2.45) is 0 Å². The predicted octanol–water partition coefficient (Wildman–Crippen LogP) is 1.03. The maximum absolute atomic E-state index is 8.86. The van der Waals surface area contributed by atoms with Crippen molar-refractivity contribution < 1.29 is 0 Å². The molecule has 74 valence electrons. The van der Waals surface area contributed by atoms with Gasteiger partial charge >= 0.3 is 0 Å². The van der Waals surface area contributed by atoms with E-state index in [1.165, 1.54) is 4.68 Å². The molecular formula is C10H9N5. The molecule has 2 N–H and O–H groups in total. The van der Waals surface area contributed by atoms with E-state index in [-0.39, 0.29) is 0 Å². The van der Waals surface area contributed by atoms with Crippen molar-refractivity contribution >= 4 is 5.82 Å². The van der Waals surface area contributed by atoms with Crippen LogP contribution in [0, 0.1) is 18.3 Å². The molecule has 0 bridgehead atoms. The third-order valence-electron chi connectivity index (χ3n) is 2.07. The number of aryl methyl sites for hydroxylation is 1.